The van der Waals surface area contributed by atoms with Crippen LogP contribution >= 0.6 is 11.3 Å². The number of nitrogens with two attached hydrogens (primary N) is 1. The zero-order valence-electron chi connectivity index (χ0n) is 12.5. The molecule has 1 fully saturated rings. The maximum absolute atomic E-state index is 6.07. The minimum atomic E-state index is -0.521. The molecule has 0 aliphatic carbocycles. The highest BCUT2D eigenvalue weighted by atomic mass is 32.1. The zero-order chi connectivity index (χ0) is 15.3. The molecule has 3 rings (SSSR count). The van der Waals surface area contributed by atoms with E-state index in [1.54, 1.807) is 17.9 Å². The Kier molecular flexibility index (Phi) is 3.27. The van der Waals surface area contributed by atoms with Gasteiger partial charge in [-0.2, -0.15) is 0 Å². The molecule has 2 aromatic heterocycles. The minimum Gasteiger partial charge on any atom is -0.399 e. The molecule has 0 saturated carbocycles. The first-order valence-corrected chi connectivity index (χ1v) is 7.55. The van der Waals surface area contributed by atoms with E-state index in [2.05, 4.69) is 15.0 Å². The van der Waals surface area contributed by atoms with Crippen LogP contribution in [0.25, 0.3) is 10.6 Å². The molecule has 2 N–H and O–H groups in total. The van der Waals surface area contributed by atoms with Crippen molar-refractivity contribution >= 4 is 29.9 Å². The van der Waals surface area contributed by atoms with Gasteiger partial charge in [0.15, 0.2) is 0 Å². The molecule has 110 valence electrons. The lowest BCUT2D eigenvalue weighted by atomic mass is 9.78. The molecule has 0 amide bonds. The highest BCUT2D eigenvalue weighted by molar-refractivity contribution is 7.13. The molecule has 0 aromatic carbocycles. The molecule has 8 heteroatoms. The Labute approximate surface area is 127 Å². The van der Waals surface area contributed by atoms with Crippen molar-refractivity contribution < 1.29 is 9.31 Å². The summed E-state index contributed by atoms with van der Waals surface area (Å²) < 4.78 is 12.1. The number of anilines is 1. The van der Waals surface area contributed by atoms with E-state index in [1.807, 2.05) is 27.7 Å². The van der Waals surface area contributed by atoms with E-state index in [-0.39, 0.29) is 5.95 Å². The Morgan fingerprint density at radius 2 is 1.81 bits per heavy atom. The van der Waals surface area contributed by atoms with Gasteiger partial charge >= 0.3 is 7.12 Å². The highest BCUT2D eigenvalue weighted by Crippen LogP contribution is 2.37. The first-order chi connectivity index (χ1) is 9.80. The zero-order valence-corrected chi connectivity index (χ0v) is 13.3. The van der Waals surface area contributed by atoms with Crippen molar-refractivity contribution in [2.75, 3.05) is 5.73 Å². The first kappa shape index (κ1) is 14.4. The van der Waals surface area contributed by atoms with E-state index in [4.69, 9.17) is 15.0 Å². The first-order valence-electron chi connectivity index (χ1n) is 6.67. The molecule has 0 spiro atoms. The predicted octanol–water partition coefficient (Wildman–Crippen LogP) is 1.48. The molecule has 2 aromatic rings. The molecule has 3 heterocycles. The lowest BCUT2D eigenvalue weighted by molar-refractivity contribution is 0.00578. The molecule has 0 unspecified atom stereocenters. The number of thiazole rings is 1. The van der Waals surface area contributed by atoms with Gasteiger partial charge in [0.05, 0.1) is 27.3 Å². The van der Waals surface area contributed by atoms with Gasteiger partial charge in [0.25, 0.3) is 0 Å². The molecule has 1 saturated heterocycles. The third-order valence-corrected chi connectivity index (χ3v) is 4.79. The fourth-order valence-corrected chi connectivity index (χ4v) is 2.71. The number of hydrogen-bond acceptors (Lipinski definition) is 7. The predicted molar refractivity (Wildman–Crippen MR) is 83.3 cm³/mol. The molecular formula is C13H17BN4O2S. The number of rotatable bonds is 2. The molecule has 1 aliphatic heterocycles. The van der Waals surface area contributed by atoms with E-state index < -0.39 is 18.3 Å². The quantitative estimate of drug-likeness (QED) is 0.846. The van der Waals surface area contributed by atoms with Gasteiger partial charge < -0.3 is 15.0 Å². The van der Waals surface area contributed by atoms with Crippen LogP contribution in [0.1, 0.15) is 27.7 Å². The summed E-state index contributed by atoms with van der Waals surface area (Å²) in [5.74, 6) is 0.221. The van der Waals surface area contributed by atoms with E-state index >= 15 is 0 Å². The van der Waals surface area contributed by atoms with Gasteiger partial charge in [-0.1, -0.05) is 0 Å². The number of hydrogen-bond donors (Lipinski definition) is 1. The molecule has 1 aliphatic rings. The summed E-state index contributed by atoms with van der Waals surface area (Å²) in [6, 6.07) is 0. The van der Waals surface area contributed by atoms with Gasteiger partial charge in [-0.15, -0.1) is 11.3 Å². The second kappa shape index (κ2) is 4.76. The molecule has 6 nitrogen and oxygen atoms in total. The highest BCUT2D eigenvalue weighted by Gasteiger charge is 2.52. The monoisotopic (exact) mass is 304 g/mol. The van der Waals surface area contributed by atoms with Crippen molar-refractivity contribution in [3.8, 4) is 10.6 Å². The molecule has 0 bridgehead atoms. The van der Waals surface area contributed by atoms with Crippen molar-refractivity contribution in [2.24, 2.45) is 0 Å². The second-order valence-electron chi connectivity index (χ2n) is 5.99. The smallest absolute Gasteiger partial charge is 0.399 e. The van der Waals surface area contributed by atoms with E-state index in [0.717, 1.165) is 10.3 Å². The van der Waals surface area contributed by atoms with Gasteiger partial charge in [-0.05, 0) is 27.7 Å². The van der Waals surface area contributed by atoms with Crippen LogP contribution in [0.3, 0.4) is 0 Å². The van der Waals surface area contributed by atoms with Gasteiger partial charge in [-0.25, -0.2) is 9.97 Å². The molecule has 21 heavy (non-hydrogen) atoms. The third kappa shape index (κ3) is 2.43. The van der Waals surface area contributed by atoms with Gasteiger partial charge in [0.2, 0.25) is 5.95 Å². The summed E-state index contributed by atoms with van der Waals surface area (Å²) in [5, 5.41) is 0. The van der Waals surface area contributed by atoms with Crippen LogP contribution in [-0.4, -0.2) is 33.3 Å². The van der Waals surface area contributed by atoms with Crippen LogP contribution in [0.15, 0.2) is 17.9 Å². The Hall–Kier alpha value is -1.51. The Balaban J connectivity index is 2.05. The standard InChI is InChI=1S/C13H17BN4O2S/c1-12(2)13(3,4)20-14(19-12)8-5-17-11(15)18-10(8)9-6-16-7-21-9/h5-7H,1-4H3,(H2,15,17,18). The number of nitrogen functional groups attached to an aromatic ring is 1. The Bertz CT molecular complexity index is 644. The maximum atomic E-state index is 6.07. The van der Waals surface area contributed by atoms with Crippen LogP contribution in [0.2, 0.25) is 0 Å². The van der Waals surface area contributed by atoms with E-state index in [1.165, 1.54) is 11.3 Å². The summed E-state index contributed by atoms with van der Waals surface area (Å²) in [5.41, 5.74) is 8.13. The normalized spacial score (nSPS) is 19.9. The topological polar surface area (TPSA) is 83.2 Å². The minimum absolute atomic E-state index is 0.221. The lowest BCUT2D eigenvalue weighted by Gasteiger charge is -2.32. The third-order valence-electron chi connectivity index (χ3n) is 4.01. The lowest BCUT2D eigenvalue weighted by Crippen LogP contribution is -2.41. The van der Waals surface area contributed by atoms with Gasteiger partial charge in [0, 0.05) is 17.9 Å². The van der Waals surface area contributed by atoms with Gasteiger partial charge in [-0.3, -0.25) is 4.98 Å². The van der Waals surface area contributed by atoms with E-state index in [9.17, 15) is 0 Å². The number of aromatic nitrogens is 3. The second-order valence-corrected chi connectivity index (χ2v) is 6.87. The summed E-state index contributed by atoms with van der Waals surface area (Å²) >= 11 is 1.49. The van der Waals surface area contributed by atoms with Gasteiger partial charge in [0.1, 0.15) is 0 Å². The van der Waals surface area contributed by atoms with Crippen LogP contribution < -0.4 is 11.2 Å². The fourth-order valence-electron chi connectivity index (χ4n) is 2.08. The Morgan fingerprint density at radius 1 is 1.14 bits per heavy atom. The van der Waals surface area contributed by atoms with Crippen molar-refractivity contribution in [2.45, 2.75) is 38.9 Å². The molecular weight excluding hydrogens is 287 g/mol. The van der Waals surface area contributed by atoms with Crippen molar-refractivity contribution in [1.29, 1.82) is 0 Å². The van der Waals surface area contributed by atoms with Crippen LogP contribution in [0.5, 0.6) is 0 Å². The van der Waals surface area contributed by atoms with Crippen LogP contribution in [0, 0.1) is 0 Å². The molecule has 0 atom stereocenters. The summed E-state index contributed by atoms with van der Waals surface area (Å²) in [4.78, 5) is 13.4. The van der Waals surface area contributed by atoms with E-state index in [0.29, 0.717) is 5.69 Å². The summed E-state index contributed by atoms with van der Waals surface area (Å²) in [6.45, 7) is 8.05. The summed E-state index contributed by atoms with van der Waals surface area (Å²) in [6.07, 6.45) is 3.42. The fraction of sp³-hybridized carbons (Fsp3) is 0.462. The van der Waals surface area contributed by atoms with Crippen molar-refractivity contribution in [1.82, 2.24) is 15.0 Å². The average molecular weight is 304 g/mol. The molecule has 0 radical (unpaired) electrons. The number of nitrogens with zero attached hydrogens (tertiary/aromatic N) is 3. The van der Waals surface area contributed by atoms with Crippen molar-refractivity contribution in [3.05, 3.63) is 17.9 Å². The average Bonchev–Trinajstić information content (AvgIpc) is 2.96. The largest absolute Gasteiger partial charge is 0.498 e. The van der Waals surface area contributed by atoms with Crippen LogP contribution in [0.4, 0.5) is 5.95 Å². The van der Waals surface area contributed by atoms with Crippen LogP contribution in [-0.2, 0) is 9.31 Å². The Morgan fingerprint density at radius 3 is 2.38 bits per heavy atom. The SMILES string of the molecule is CC1(C)OB(c2cnc(N)nc2-c2cncs2)OC1(C)C. The van der Waals surface area contributed by atoms with Crippen molar-refractivity contribution in [3.63, 3.8) is 0 Å². The maximum Gasteiger partial charge on any atom is 0.498 e. The summed E-state index contributed by atoms with van der Waals surface area (Å²) in [7, 11) is -0.521.